The van der Waals surface area contributed by atoms with E-state index in [1.807, 2.05) is 0 Å². The van der Waals surface area contributed by atoms with E-state index in [-0.39, 0.29) is 5.69 Å². The summed E-state index contributed by atoms with van der Waals surface area (Å²) in [7, 11) is 0. The van der Waals surface area contributed by atoms with Crippen molar-refractivity contribution < 1.29 is 22.8 Å². The van der Waals surface area contributed by atoms with Gasteiger partial charge in [0.05, 0.1) is 5.56 Å². The lowest BCUT2D eigenvalue weighted by molar-refractivity contribution is -0.138. The lowest BCUT2D eigenvalue weighted by atomic mass is 9.90. The summed E-state index contributed by atoms with van der Waals surface area (Å²) in [6, 6.07) is 9.15. The number of rotatable bonds is 4. The summed E-state index contributed by atoms with van der Waals surface area (Å²) in [5.74, 6) is -1.35. The van der Waals surface area contributed by atoms with E-state index in [0.717, 1.165) is 17.7 Å². The van der Waals surface area contributed by atoms with Gasteiger partial charge >= 0.3 is 6.18 Å². The molecule has 0 aromatic heterocycles. The smallest absolute Gasteiger partial charge is 0.325 e. The highest BCUT2D eigenvalue weighted by molar-refractivity contribution is 6.31. The number of benzene rings is 2. The molecule has 2 amide bonds. The van der Waals surface area contributed by atoms with Crippen molar-refractivity contribution in [1.29, 1.82) is 0 Å². The maximum atomic E-state index is 12.8. The zero-order valence-electron chi connectivity index (χ0n) is 14.9. The number of carbonyl (C=O) groups is 2. The molecule has 0 bridgehead atoms. The fraction of sp³-hybridized carbons (Fsp3) is 0.263. The molecule has 0 aliphatic rings. The van der Waals surface area contributed by atoms with Gasteiger partial charge in [-0.2, -0.15) is 13.2 Å². The molecule has 0 fully saturated rings. The van der Waals surface area contributed by atoms with Crippen LogP contribution in [0.5, 0.6) is 0 Å². The van der Waals surface area contributed by atoms with Crippen molar-refractivity contribution in [3.05, 3.63) is 58.6 Å². The molecule has 0 heterocycles. The first-order valence-electron chi connectivity index (χ1n) is 7.97. The van der Waals surface area contributed by atoms with Crippen molar-refractivity contribution in [2.75, 3.05) is 10.6 Å². The first-order chi connectivity index (χ1) is 12.4. The monoisotopic (exact) mass is 398 g/mol. The van der Waals surface area contributed by atoms with E-state index in [9.17, 15) is 22.8 Å². The van der Waals surface area contributed by atoms with Gasteiger partial charge in [-0.15, -0.1) is 0 Å². The Kier molecular flexibility index (Phi) is 5.85. The predicted molar refractivity (Wildman–Crippen MR) is 98.7 cm³/mol. The van der Waals surface area contributed by atoms with E-state index < -0.39 is 29.0 Å². The average molecular weight is 399 g/mol. The molecule has 0 aliphatic carbocycles. The first-order valence-corrected chi connectivity index (χ1v) is 8.35. The molecule has 144 valence electrons. The molecular formula is C19H18ClF3N2O2. The van der Waals surface area contributed by atoms with E-state index in [0.29, 0.717) is 10.7 Å². The number of aryl methyl sites for hydroxylation is 1. The largest absolute Gasteiger partial charge is 0.416 e. The highest BCUT2D eigenvalue weighted by Gasteiger charge is 2.37. The fourth-order valence-corrected chi connectivity index (χ4v) is 2.34. The summed E-state index contributed by atoms with van der Waals surface area (Å²) >= 11 is 5.91. The zero-order valence-corrected chi connectivity index (χ0v) is 15.6. The van der Waals surface area contributed by atoms with E-state index in [4.69, 9.17) is 11.6 Å². The van der Waals surface area contributed by atoms with Gasteiger partial charge in [-0.05, 0) is 56.7 Å². The summed E-state index contributed by atoms with van der Waals surface area (Å²) in [5, 5.41) is 5.41. The van der Waals surface area contributed by atoms with E-state index in [1.165, 1.54) is 26.0 Å². The average Bonchev–Trinajstić information content (AvgIpc) is 2.57. The molecule has 0 radical (unpaired) electrons. The van der Waals surface area contributed by atoms with Gasteiger partial charge in [-0.1, -0.05) is 23.7 Å². The van der Waals surface area contributed by atoms with Crippen molar-refractivity contribution in [3.63, 3.8) is 0 Å². The second kappa shape index (κ2) is 7.60. The Morgan fingerprint density at radius 3 is 2.22 bits per heavy atom. The summed E-state index contributed by atoms with van der Waals surface area (Å²) in [4.78, 5) is 25.1. The van der Waals surface area contributed by atoms with Crippen molar-refractivity contribution in [2.24, 2.45) is 5.41 Å². The van der Waals surface area contributed by atoms with Crippen LogP contribution in [0.25, 0.3) is 0 Å². The number of nitrogens with one attached hydrogen (secondary N) is 2. The molecular weight excluding hydrogens is 381 g/mol. The number of alkyl halides is 3. The van der Waals surface area contributed by atoms with Crippen molar-refractivity contribution in [3.8, 4) is 0 Å². The Morgan fingerprint density at radius 1 is 0.963 bits per heavy atom. The van der Waals surface area contributed by atoms with Gasteiger partial charge in [0.25, 0.3) is 0 Å². The topological polar surface area (TPSA) is 58.2 Å². The van der Waals surface area contributed by atoms with Crippen molar-refractivity contribution >= 4 is 34.8 Å². The number of hydrogen-bond donors (Lipinski definition) is 2. The van der Waals surface area contributed by atoms with E-state index >= 15 is 0 Å². The summed E-state index contributed by atoms with van der Waals surface area (Å²) < 4.78 is 38.4. The molecule has 0 saturated carbocycles. The molecule has 0 atom stereocenters. The van der Waals surface area contributed by atoms with Crippen molar-refractivity contribution in [1.82, 2.24) is 0 Å². The van der Waals surface area contributed by atoms with Crippen LogP contribution in [0.2, 0.25) is 5.02 Å². The molecule has 0 aliphatic heterocycles. The predicted octanol–water partition coefficient (Wildman–Crippen LogP) is 5.27. The van der Waals surface area contributed by atoms with Crippen LogP contribution >= 0.6 is 11.6 Å². The second-order valence-electron chi connectivity index (χ2n) is 6.57. The number of carbonyl (C=O) groups excluding carboxylic acids is 2. The van der Waals surface area contributed by atoms with E-state index in [2.05, 4.69) is 10.6 Å². The van der Waals surface area contributed by atoms with Crippen LogP contribution in [0, 0.1) is 12.3 Å². The number of amides is 2. The Bertz CT molecular complexity index is 879. The van der Waals surface area contributed by atoms with Gasteiger partial charge in [0, 0.05) is 16.4 Å². The minimum atomic E-state index is -4.53. The molecule has 2 rings (SSSR count). The first kappa shape index (κ1) is 20.8. The molecule has 0 spiro atoms. The van der Waals surface area contributed by atoms with Gasteiger partial charge < -0.3 is 10.6 Å². The highest BCUT2D eigenvalue weighted by atomic mass is 35.5. The van der Waals surface area contributed by atoms with Crippen LogP contribution in [-0.2, 0) is 15.8 Å². The highest BCUT2D eigenvalue weighted by Crippen LogP contribution is 2.31. The van der Waals surface area contributed by atoms with Gasteiger partial charge in [0.2, 0.25) is 11.8 Å². The van der Waals surface area contributed by atoms with Crippen LogP contribution in [0.15, 0.2) is 42.5 Å². The minimum absolute atomic E-state index is 0.0466. The van der Waals surface area contributed by atoms with Crippen LogP contribution in [0.4, 0.5) is 24.5 Å². The van der Waals surface area contributed by atoms with Gasteiger partial charge in [0.1, 0.15) is 5.41 Å². The third kappa shape index (κ3) is 5.01. The lowest BCUT2D eigenvalue weighted by Crippen LogP contribution is -2.41. The Hall–Kier alpha value is -2.54. The molecule has 4 nitrogen and oxygen atoms in total. The zero-order chi connectivity index (χ0) is 20.4. The van der Waals surface area contributed by atoms with Crippen LogP contribution in [0.3, 0.4) is 0 Å². The third-order valence-electron chi connectivity index (χ3n) is 4.03. The van der Waals surface area contributed by atoms with Crippen molar-refractivity contribution in [2.45, 2.75) is 26.9 Å². The number of anilines is 2. The molecule has 0 unspecified atom stereocenters. The van der Waals surface area contributed by atoms with E-state index in [1.54, 1.807) is 25.1 Å². The molecule has 2 aromatic rings. The standard InChI is InChI=1S/C19H18ClF3N2O2/c1-11-7-8-13(20)10-15(11)25-17(27)18(2,3)16(26)24-14-6-4-5-12(9-14)19(21,22)23/h4-10H,1-3H3,(H,24,26)(H,25,27). The Labute approximate surface area is 159 Å². The van der Waals surface area contributed by atoms with Crippen LogP contribution in [-0.4, -0.2) is 11.8 Å². The third-order valence-corrected chi connectivity index (χ3v) is 4.27. The summed E-state index contributed by atoms with van der Waals surface area (Å²) in [6.45, 7) is 4.53. The Morgan fingerprint density at radius 2 is 1.59 bits per heavy atom. The number of halogens is 4. The summed E-state index contributed by atoms with van der Waals surface area (Å²) in [6.07, 6.45) is -4.53. The molecule has 2 N–H and O–H groups in total. The normalized spacial score (nSPS) is 11.8. The fourth-order valence-electron chi connectivity index (χ4n) is 2.17. The molecule has 0 saturated heterocycles. The second-order valence-corrected chi connectivity index (χ2v) is 7.01. The van der Waals surface area contributed by atoms with Gasteiger partial charge in [-0.3, -0.25) is 9.59 Å². The number of hydrogen-bond acceptors (Lipinski definition) is 2. The summed E-state index contributed by atoms with van der Waals surface area (Å²) in [5.41, 5.74) is -1.27. The Balaban J connectivity index is 2.17. The lowest BCUT2D eigenvalue weighted by Gasteiger charge is -2.23. The maximum Gasteiger partial charge on any atom is 0.416 e. The molecule has 2 aromatic carbocycles. The SMILES string of the molecule is Cc1ccc(Cl)cc1NC(=O)C(C)(C)C(=O)Nc1cccc(C(F)(F)F)c1. The van der Waals surface area contributed by atoms with Crippen LogP contribution < -0.4 is 10.6 Å². The molecule has 27 heavy (non-hydrogen) atoms. The van der Waals surface area contributed by atoms with Gasteiger partial charge in [-0.25, -0.2) is 0 Å². The van der Waals surface area contributed by atoms with Crippen LogP contribution in [0.1, 0.15) is 25.0 Å². The maximum absolute atomic E-state index is 12.8. The molecule has 8 heteroatoms. The van der Waals surface area contributed by atoms with Gasteiger partial charge in [0.15, 0.2) is 0 Å². The quantitative estimate of drug-likeness (QED) is 0.689. The minimum Gasteiger partial charge on any atom is -0.325 e.